The molecule has 0 aliphatic carbocycles. The number of methoxy groups -OCH3 is 1. The second-order valence-corrected chi connectivity index (χ2v) is 4.70. The highest BCUT2D eigenvalue weighted by Crippen LogP contribution is 2.21. The summed E-state index contributed by atoms with van der Waals surface area (Å²) in [6.07, 6.45) is 0. The number of phenols is 1. The number of rotatable bonds is 1. The van der Waals surface area contributed by atoms with Crippen molar-refractivity contribution in [1.29, 1.82) is 0 Å². The van der Waals surface area contributed by atoms with E-state index in [0.29, 0.717) is 5.56 Å². The van der Waals surface area contributed by atoms with Gasteiger partial charge in [-0.3, -0.25) is 0 Å². The van der Waals surface area contributed by atoms with E-state index in [9.17, 15) is 5.11 Å². The molecule has 0 bridgehead atoms. The van der Waals surface area contributed by atoms with Crippen LogP contribution in [-0.4, -0.2) is 12.2 Å². The van der Waals surface area contributed by atoms with Gasteiger partial charge in [-0.25, -0.2) is 0 Å². The van der Waals surface area contributed by atoms with Crippen molar-refractivity contribution in [2.75, 3.05) is 7.11 Å². The van der Waals surface area contributed by atoms with Crippen LogP contribution in [0.1, 0.15) is 11.1 Å². The average Bonchev–Trinajstić information content (AvgIpc) is 2.53. The molecule has 0 unspecified atom stereocenters. The lowest BCUT2D eigenvalue weighted by atomic mass is 10.1. The molecule has 21 heavy (non-hydrogen) atoms. The molecular weight excluding hydrogens is 260 g/mol. The number of hydrogen-bond acceptors (Lipinski definition) is 2. The summed E-state index contributed by atoms with van der Waals surface area (Å²) >= 11 is 0. The molecule has 2 heteroatoms. The van der Waals surface area contributed by atoms with Crippen molar-refractivity contribution in [2.45, 2.75) is 0 Å². The molecular formula is C19H14O2. The molecule has 0 aromatic heterocycles. The molecule has 3 aromatic carbocycles. The van der Waals surface area contributed by atoms with Gasteiger partial charge in [0.25, 0.3) is 0 Å². The Kier molecular flexibility index (Phi) is 3.49. The Morgan fingerprint density at radius 3 is 2.43 bits per heavy atom. The zero-order valence-corrected chi connectivity index (χ0v) is 11.6. The van der Waals surface area contributed by atoms with Crippen LogP contribution in [0.4, 0.5) is 0 Å². The van der Waals surface area contributed by atoms with Crippen LogP contribution in [0.15, 0.2) is 60.7 Å². The number of phenolic OH excluding ortho intramolecular Hbond substituents is 1. The summed E-state index contributed by atoms with van der Waals surface area (Å²) in [4.78, 5) is 0. The van der Waals surface area contributed by atoms with Gasteiger partial charge in [-0.05, 0) is 47.2 Å². The van der Waals surface area contributed by atoms with Crippen LogP contribution in [0.5, 0.6) is 11.5 Å². The van der Waals surface area contributed by atoms with Crippen LogP contribution in [0.2, 0.25) is 0 Å². The van der Waals surface area contributed by atoms with E-state index in [4.69, 9.17) is 4.74 Å². The normalized spacial score (nSPS) is 9.95. The molecule has 2 nitrogen and oxygen atoms in total. The summed E-state index contributed by atoms with van der Waals surface area (Å²) in [5, 5.41) is 11.9. The van der Waals surface area contributed by atoms with E-state index < -0.39 is 0 Å². The second kappa shape index (κ2) is 5.60. The van der Waals surface area contributed by atoms with Crippen molar-refractivity contribution in [3.8, 4) is 23.3 Å². The molecule has 0 amide bonds. The molecule has 0 heterocycles. The molecule has 1 N–H and O–H groups in total. The standard InChI is InChI=1S/C19H14O2/c1-21-18-11-10-16-12-14(7-9-17(16)13-18)6-8-15-4-2-3-5-19(15)20/h2-5,7,9-13,20H,1H3. The minimum atomic E-state index is 0.204. The van der Waals surface area contributed by atoms with Gasteiger partial charge in [0, 0.05) is 5.56 Å². The number of fused-ring (bicyclic) bond motifs is 1. The van der Waals surface area contributed by atoms with Crippen LogP contribution >= 0.6 is 0 Å². The van der Waals surface area contributed by atoms with Crippen molar-refractivity contribution < 1.29 is 9.84 Å². The Labute approximate surface area is 123 Å². The predicted octanol–water partition coefficient (Wildman–Crippen LogP) is 3.95. The van der Waals surface area contributed by atoms with Gasteiger partial charge in [0.05, 0.1) is 12.7 Å². The van der Waals surface area contributed by atoms with Gasteiger partial charge >= 0.3 is 0 Å². The van der Waals surface area contributed by atoms with Crippen molar-refractivity contribution in [2.24, 2.45) is 0 Å². The first-order chi connectivity index (χ1) is 10.3. The number of para-hydroxylation sites is 1. The van der Waals surface area contributed by atoms with Gasteiger partial charge in [0.1, 0.15) is 11.5 Å². The van der Waals surface area contributed by atoms with Crippen molar-refractivity contribution in [1.82, 2.24) is 0 Å². The fraction of sp³-hybridized carbons (Fsp3) is 0.0526. The van der Waals surface area contributed by atoms with Crippen molar-refractivity contribution >= 4 is 10.8 Å². The third kappa shape index (κ3) is 2.82. The zero-order chi connectivity index (χ0) is 14.7. The Hall–Kier alpha value is -2.92. The van der Waals surface area contributed by atoms with E-state index in [2.05, 4.69) is 11.8 Å². The third-order valence-corrected chi connectivity index (χ3v) is 3.29. The van der Waals surface area contributed by atoms with Crippen LogP contribution in [0.3, 0.4) is 0 Å². The number of benzene rings is 3. The zero-order valence-electron chi connectivity index (χ0n) is 11.6. The van der Waals surface area contributed by atoms with Crippen LogP contribution in [0, 0.1) is 11.8 Å². The average molecular weight is 274 g/mol. The summed E-state index contributed by atoms with van der Waals surface area (Å²) in [5.74, 6) is 7.12. The Morgan fingerprint density at radius 1 is 0.857 bits per heavy atom. The number of ether oxygens (including phenoxy) is 1. The van der Waals surface area contributed by atoms with E-state index in [1.54, 1.807) is 25.3 Å². The Morgan fingerprint density at radius 2 is 1.62 bits per heavy atom. The maximum absolute atomic E-state index is 9.70. The van der Waals surface area contributed by atoms with Crippen LogP contribution < -0.4 is 4.74 Å². The van der Waals surface area contributed by atoms with Gasteiger partial charge in [0.15, 0.2) is 0 Å². The maximum atomic E-state index is 9.70. The summed E-state index contributed by atoms with van der Waals surface area (Å²) in [6.45, 7) is 0. The molecule has 0 radical (unpaired) electrons. The highest BCUT2D eigenvalue weighted by molar-refractivity contribution is 5.85. The fourth-order valence-electron chi connectivity index (χ4n) is 2.15. The minimum absolute atomic E-state index is 0.204. The van der Waals surface area contributed by atoms with Gasteiger partial charge in [-0.1, -0.05) is 36.1 Å². The molecule has 3 rings (SSSR count). The predicted molar refractivity (Wildman–Crippen MR) is 84.6 cm³/mol. The SMILES string of the molecule is COc1ccc2cc(C#Cc3ccccc3O)ccc2c1. The molecule has 0 saturated carbocycles. The second-order valence-electron chi connectivity index (χ2n) is 4.70. The van der Waals surface area contributed by atoms with Crippen LogP contribution in [-0.2, 0) is 0 Å². The highest BCUT2D eigenvalue weighted by atomic mass is 16.5. The third-order valence-electron chi connectivity index (χ3n) is 3.29. The smallest absolute Gasteiger partial charge is 0.131 e. The minimum Gasteiger partial charge on any atom is -0.507 e. The molecule has 0 fully saturated rings. The van der Waals surface area contributed by atoms with E-state index in [0.717, 1.165) is 22.1 Å². The first-order valence-electron chi connectivity index (χ1n) is 6.64. The monoisotopic (exact) mass is 274 g/mol. The lowest BCUT2D eigenvalue weighted by molar-refractivity contribution is 0.415. The van der Waals surface area contributed by atoms with E-state index in [1.807, 2.05) is 42.5 Å². The number of hydrogen-bond donors (Lipinski definition) is 1. The van der Waals surface area contributed by atoms with Gasteiger partial charge in [-0.15, -0.1) is 0 Å². The molecule has 0 aliphatic heterocycles. The summed E-state index contributed by atoms with van der Waals surface area (Å²) in [5.41, 5.74) is 1.54. The molecule has 0 atom stereocenters. The summed E-state index contributed by atoms with van der Waals surface area (Å²) in [6, 6.07) is 19.0. The summed E-state index contributed by atoms with van der Waals surface area (Å²) in [7, 11) is 1.66. The quantitative estimate of drug-likeness (QED) is 0.681. The first-order valence-corrected chi connectivity index (χ1v) is 6.64. The van der Waals surface area contributed by atoms with E-state index in [1.165, 1.54) is 0 Å². The summed E-state index contributed by atoms with van der Waals surface area (Å²) < 4.78 is 5.22. The molecule has 0 saturated heterocycles. The van der Waals surface area contributed by atoms with Crippen molar-refractivity contribution in [3.63, 3.8) is 0 Å². The molecule has 0 aliphatic rings. The largest absolute Gasteiger partial charge is 0.507 e. The van der Waals surface area contributed by atoms with E-state index in [-0.39, 0.29) is 5.75 Å². The topological polar surface area (TPSA) is 29.5 Å². The molecule has 3 aromatic rings. The molecule has 102 valence electrons. The Balaban J connectivity index is 1.97. The van der Waals surface area contributed by atoms with E-state index >= 15 is 0 Å². The Bertz CT molecular complexity index is 854. The highest BCUT2D eigenvalue weighted by Gasteiger charge is 1.98. The van der Waals surface area contributed by atoms with Gasteiger partial charge < -0.3 is 9.84 Å². The lowest BCUT2D eigenvalue weighted by Gasteiger charge is -2.02. The van der Waals surface area contributed by atoms with Crippen molar-refractivity contribution in [3.05, 3.63) is 71.8 Å². The lowest BCUT2D eigenvalue weighted by Crippen LogP contribution is -1.83. The van der Waals surface area contributed by atoms with Crippen LogP contribution in [0.25, 0.3) is 10.8 Å². The maximum Gasteiger partial charge on any atom is 0.131 e. The number of aromatic hydroxyl groups is 1. The van der Waals surface area contributed by atoms with Gasteiger partial charge in [-0.2, -0.15) is 0 Å². The molecule has 0 spiro atoms. The van der Waals surface area contributed by atoms with Gasteiger partial charge in [0.2, 0.25) is 0 Å². The first kappa shape index (κ1) is 13.1. The fourth-order valence-corrected chi connectivity index (χ4v) is 2.15.